The molecule has 2 rings (SSSR count). The van der Waals surface area contributed by atoms with Crippen molar-refractivity contribution in [3.05, 3.63) is 28.6 Å². The molecule has 0 fully saturated rings. The SMILES string of the molecule is O=C(O)Cc1cccn2nc(Br)nc12. The average Bonchev–Trinajstić information content (AvgIpc) is 2.45. The summed E-state index contributed by atoms with van der Waals surface area (Å²) in [4.78, 5) is 14.6. The molecule has 0 bridgehead atoms. The summed E-state index contributed by atoms with van der Waals surface area (Å²) in [5.74, 6) is -0.878. The van der Waals surface area contributed by atoms with Gasteiger partial charge in [0.25, 0.3) is 0 Å². The third-order valence-electron chi connectivity index (χ3n) is 1.76. The molecule has 6 heteroatoms. The predicted molar refractivity (Wildman–Crippen MR) is 52.0 cm³/mol. The number of hydrogen-bond acceptors (Lipinski definition) is 3. The molecule has 0 saturated heterocycles. The minimum atomic E-state index is -0.878. The molecule has 0 unspecified atom stereocenters. The maximum absolute atomic E-state index is 10.6. The van der Waals surface area contributed by atoms with E-state index in [1.165, 1.54) is 0 Å². The van der Waals surface area contributed by atoms with E-state index in [0.29, 0.717) is 15.9 Å². The summed E-state index contributed by atoms with van der Waals surface area (Å²) in [5, 5.41) is 12.7. The van der Waals surface area contributed by atoms with E-state index in [9.17, 15) is 4.79 Å². The first-order valence-corrected chi connectivity index (χ1v) is 4.67. The van der Waals surface area contributed by atoms with Gasteiger partial charge < -0.3 is 5.11 Å². The molecule has 5 nitrogen and oxygen atoms in total. The van der Waals surface area contributed by atoms with Crippen molar-refractivity contribution in [3.8, 4) is 0 Å². The first kappa shape index (κ1) is 9.14. The highest BCUT2D eigenvalue weighted by atomic mass is 79.9. The Hall–Kier alpha value is -1.43. The Morgan fingerprint density at radius 2 is 2.43 bits per heavy atom. The van der Waals surface area contributed by atoms with E-state index >= 15 is 0 Å². The van der Waals surface area contributed by atoms with E-state index in [-0.39, 0.29) is 6.42 Å². The molecule has 0 radical (unpaired) electrons. The highest BCUT2D eigenvalue weighted by Crippen LogP contribution is 2.12. The van der Waals surface area contributed by atoms with Crippen molar-refractivity contribution in [2.75, 3.05) is 0 Å². The van der Waals surface area contributed by atoms with Crippen molar-refractivity contribution in [2.45, 2.75) is 6.42 Å². The van der Waals surface area contributed by atoms with E-state index in [0.717, 1.165) is 0 Å². The van der Waals surface area contributed by atoms with Crippen molar-refractivity contribution >= 4 is 27.5 Å². The Morgan fingerprint density at radius 1 is 1.64 bits per heavy atom. The highest BCUT2D eigenvalue weighted by molar-refractivity contribution is 9.10. The van der Waals surface area contributed by atoms with Gasteiger partial charge in [0.1, 0.15) is 0 Å². The second-order valence-corrected chi connectivity index (χ2v) is 3.46. The minimum Gasteiger partial charge on any atom is -0.481 e. The quantitative estimate of drug-likeness (QED) is 0.874. The fraction of sp³-hybridized carbons (Fsp3) is 0.125. The first-order valence-electron chi connectivity index (χ1n) is 3.88. The van der Waals surface area contributed by atoms with E-state index in [1.54, 1.807) is 22.8 Å². The lowest BCUT2D eigenvalue weighted by Crippen LogP contribution is -2.02. The van der Waals surface area contributed by atoms with Crippen molar-refractivity contribution in [2.24, 2.45) is 0 Å². The molecule has 1 N–H and O–H groups in total. The summed E-state index contributed by atoms with van der Waals surface area (Å²) >= 11 is 3.13. The van der Waals surface area contributed by atoms with Crippen LogP contribution < -0.4 is 0 Å². The molecule has 2 aromatic rings. The Kier molecular flexibility index (Phi) is 2.20. The van der Waals surface area contributed by atoms with Crippen LogP contribution in [0.2, 0.25) is 0 Å². The molecule has 0 amide bonds. The van der Waals surface area contributed by atoms with Crippen molar-refractivity contribution in [1.82, 2.24) is 14.6 Å². The van der Waals surface area contributed by atoms with Crippen LogP contribution in [-0.2, 0) is 11.2 Å². The summed E-state index contributed by atoms with van der Waals surface area (Å²) in [7, 11) is 0. The summed E-state index contributed by atoms with van der Waals surface area (Å²) in [5.41, 5.74) is 1.22. The van der Waals surface area contributed by atoms with Crippen LogP contribution in [0.15, 0.2) is 23.1 Å². The topological polar surface area (TPSA) is 67.5 Å². The minimum absolute atomic E-state index is 0.0462. The number of aliphatic carboxylic acids is 1. The summed E-state index contributed by atoms with van der Waals surface area (Å²) in [6.45, 7) is 0. The van der Waals surface area contributed by atoms with Crippen LogP contribution >= 0.6 is 15.9 Å². The third kappa shape index (κ3) is 1.60. The zero-order valence-corrected chi connectivity index (χ0v) is 8.60. The molecular formula is C8H6BrN3O2. The number of carboxylic acid groups (broad SMARTS) is 1. The second kappa shape index (κ2) is 3.38. The maximum Gasteiger partial charge on any atom is 0.307 e. The molecule has 0 saturated carbocycles. The smallest absolute Gasteiger partial charge is 0.307 e. The fourth-order valence-electron chi connectivity index (χ4n) is 1.24. The highest BCUT2D eigenvalue weighted by Gasteiger charge is 2.08. The predicted octanol–water partition coefficient (Wildman–Crippen LogP) is 1.12. The molecule has 2 aromatic heterocycles. The molecule has 14 heavy (non-hydrogen) atoms. The van der Waals surface area contributed by atoms with Gasteiger partial charge in [-0.25, -0.2) is 9.50 Å². The lowest BCUT2D eigenvalue weighted by Gasteiger charge is -1.97. The fourth-order valence-corrected chi connectivity index (χ4v) is 1.58. The van der Waals surface area contributed by atoms with Gasteiger partial charge in [-0.2, -0.15) is 0 Å². The summed E-state index contributed by atoms with van der Waals surface area (Å²) in [6.07, 6.45) is 1.67. The molecule has 0 aliphatic carbocycles. The number of nitrogens with zero attached hydrogens (tertiary/aromatic N) is 3. The van der Waals surface area contributed by atoms with E-state index < -0.39 is 5.97 Å². The number of pyridine rings is 1. The number of carboxylic acids is 1. The second-order valence-electron chi connectivity index (χ2n) is 2.75. The van der Waals surface area contributed by atoms with Crippen LogP contribution in [-0.4, -0.2) is 25.7 Å². The standard InChI is InChI=1S/C8H6BrN3O2/c9-8-10-7-5(4-6(13)14)2-1-3-12(7)11-8/h1-3H,4H2,(H,13,14). The van der Waals surface area contributed by atoms with Gasteiger partial charge >= 0.3 is 5.97 Å². The van der Waals surface area contributed by atoms with Crippen molar-refractivity contribution in [3.63, 3.8) is 0 Å². The molecule has 0 aliphatic heterocycles. The van der Waals surface area contributed by atoms with Crippen LogP contribution in [0.3, 0.4) is 0 Å². The Bertz CT molecular complexity index is 494. The van der Waals surface area contributed by atoms with E-state index in [2.05, 4.69) is 26.0 Å². The number of halogens is 1. The summed E-state index contributed by atoms with van der Waals surface area (Å²) < 4.78 is 2.00. The van der Waals surface area contributed by atoms with Crippen molar-refractivity contribution < 1.29 is 9.90 Å². The molecule has 0 atom stereocenters. The van der Waals surface area contributed by atoms with Gasteiger partial charge in [-0.3, -0.25) is 4.79 Å². The number of hydrogen-bond donors (Lipinski definition) is 1. The normalized spacial score (nSPS) is 10.6. The van der Waals surface area contributed by atoms with Gasteiger partial charge in [0.2, 0.25) is 4.73 Å². The van der Waals surface area contributed by atoms with E-state index in [4.69, 9.17) is 5.11 Å². The average molecular weight is 256 g/mol. The van der Waals surface area contributed by atoms with Crippen LogP contribution in [0.1, 0.15) is 5.56 Å². The first-order chi connectivity index (χ1) is 6.66. The number of aromatic nitrogens is 3. The van der Waals surface area contributed by atoms with Crippen LogP contribution in [0, 0.1) is 0 Å². The molecule has 0 aliphatic rings. The number of carbonyl (C=O) groups is 1. The molecule has 0 spiro atoms. The van der Waals surface area contributed by atoms with Gasteiger partial charge in [0.15, 0.2) is 5.65 Å². The van der Waals surface area contributed by atoms with Gasteiger partial charge in [0, 0.05) is 11.8 Å². The van der Waals surface area contributed by atoms with Crippen LogP contribution in [0.25, 0.3) is 5.65 Å². The van der Waals surface area contributed by atoms with Gasteiger partial charge in [0.05, 0.1) is 6.42 Å². The molecule has 0 aromatic carbocycles. The maximum atomic E-state index is 10.6. The van der Waals surface area contributed by atoms with Crippen LogP contribution in [0.4, 0.5) is 0 Å². The van der Waals surface area contributed by atoms with Gasteiger partial charge in [-0.1, -0.05) is 6.07 Å². The van der Waals surface area contributed by atoms with Gasteiger partial charge in [-0.15, -0.1) is 5.10 Å². The Morgan fingerprint density at radius 3 is 3.14 bits per heavy atom. The number of fused-ring (bicyclic) bond motifs is 1. The van der Waals surface area contributed by atoms with Gasteiger partial charge in [-0.05, 0) is 22.0 Å². The summed E-state index contributed by atoms with van der Waals surface area (Å²) in [6, 6.07) is 3.47. The zero-order chi connectivity index (χ0) is 10.1. The molecule has 2 heterocycles. The van der Waals surface area contributed by atoms with E-state index in [1.807, 2.05) is 0 Å². The largest absolute Gasteiger partial charge is 0.481 e. The van der Waals surface area contributed by atoms with Crippen molar-refractivity contribution in [1.29, 1.82) is 0 Å². The van der Waals surface area contributed by atoms with Crippen LogP contribution in [0.5, 0.6) is 0 Å². The lowest BCUT2D eigenvalue weighted by atomic mass is 10.2. The third-order valence-corrected chi connectivity index (χ3v) is 2.09. The zero-order valence-electron chi connectivity index (χ0n) is 7.01. The molecule has 72 valence electrons. The Balaban J connectivity index is 2.58. The Labute approximate surface area is 87.5 Å². The molecular weight excluding hydrogens is 250 g/mol. The lowest BCUT2D eigenvalue weighted by molar-refractivity contribution is -0.136. The monoisotopic (exact) mass is 255 g/mol. The number of rotatable bonds is 2.